The van der Waals surface area contributed by atoms with Crippen molar-refractivity contribution in [3.8, 4) is 0 Å². The molecule has 2 unspecified atom stereocenters. The van der Waals surface area contributed by atoms with Crippen molar-refractivity contribution < 1.29 is 9.47 Å². The van der Waals surface area contributed by atoms with Gasteiger partial charge in [-0.15, -0.1) is 5.10 Å². The summed E-state index contributed by atoms with van der Waals surface area (Å²) in [5, 5.41) is 10.5. The van der Waals surface area contributed by atoms with Crippen molar-refractivity contribution in [1.82, 2.24) is 5.32 Å². The van der Waals surface area contributed by atoms with Crippen LogP contribution in [0.25, 0.3) is 0 Å². The van der Waals surface area contributed by atoms with Crippen LogP contribution in [0.15, 0.2) is 46.7 Å². The minimum Gasteiger partial charge on any atom is -0.480 e. The maximum Gasteiger partial charge on any atom is 0.232 e. The van der Waals surface area contributed by atoms with E-state index in [1.807, 2.05) is 44.4 Å². The van der Waals surface area contributed by atoms with E-state index in [-0.39, 0.29) is 6.10 Å². The molecule has 0 saturated carbocycles. The molecule has 5 heteroatoms. The summed E-state index contributed by atoms with van der Waals surface area (Å²) in [5.41, 5.74) is 0. The van der Waals surface area contributed by atoms with E-state index < -0.39 is 0 Å². The molecule has 0 aliphatic heterocycles. The Morgan fingerprint density at radius 1 is 1.26 bits per heavy atom. The highest BCUT2D eigenvalue weighted by atomic mass is 16.5. The van der Waals surface area contributed by atoms with Gasteiger partial charge in [-0.1, -0.05) is 43.7 Å². The van der Waals surface area contributed by atoms with Crippen LogP contribution in [0.4, 0.5) is 0 Å². The van der Waals surface area contributed by atoms with E-state index in [1.165, 1.54) is 20.0 Å². The summed E-state index contributed by atoms with van der Waals surface area (Å²) in [5.74, 6) is 0.407. The number of hydrogen-bond donors (Lipinski definition) is 1. The van der Waals surface area contributed by atoms with Gasteiger partial charge in [-0.05, 0) is 26.8 Å². The molecule has 0 aromatic heterocycles. The van der Waals surface area contributed by atoms with Gasteiger partial charge in [0.15, 0.2) is 0 Å². The molecule has 1 N–H and O–H groups in total. The molecular formula is C18H31N3O2. The highest BCUT2D eigenvalue weighted by Crippen LogP contribution is 2.05. The summed E-state index contributed by atoms with van der Waals surface area (Å²) in [6.45, 7) is 8.20. The highest BCUT2D eigenvalue weighted by molar-refractivity contribution is 5.87. The minimum absolute atomic E-state index is 0.0377. The van der Waals surface area contributed by atoms with Crippen LogP contribution >= 0.6 is 0 Å². The van der Waals surface area contributed by atoms with Crippen molar-refractivity contribution in [2.45, 2.75) is 45.3 Å². The predicted molar refractivity (Wildman–Crippen MR) is 99.2 cm³/mol. The fourth-order valence-corrected chi connectivity index (χ4v) is 2.02. The SMILES string of the molecule is C=N/N=C(/C=C/C=CC(/C=C\C)OCCC(CCC)NC)OC. The van der Waals surface area contributed by atoms with Crippen LogP contribution in [0, 0.1) is 0 Å². The Morgan fingerprint density at radius 2 is 2.04 bits per heavy atom. The molecule has 0 aromatic carbocycles. The van der Waals surface area contributed by atoms with Gasteiger partial charge in [0.1, 0.15) is 0 Å². The van der Waals surface area contributed by atoms with Gasteiger partial charge in [-0.3, -0.25) is 0 Å². The van der Waals surface area contributed by atoms with Crippen LogP contribution in [0.1, 0.15) is 33.1 Å². The second-order valence-corrected chi connectivity index (χ2v) is 4.95. The van der Waals surface area contributed by atoms with Crippen LogP contribution in [0.5, 0.6) is 0 Å². The molecule has 0 aliphatic carbocycles. The third kappa shape index (κ3) is 11.5. The Balaban J connectivity index is 4.40. The number of allylic oxidation sites excluding steroid dienone is 3. The molecule has 0 amide bonds. The quantitative estimate of drug-likeness (QED) is 0.197. The topological polar surface area (TPSA) is 55.2 Å². The van der Waals surface area contributed by atoms with Crippen molar-refractivity contribution in [2.75, 3.05) is 20.8 Å². The zero-order valence-electron chi connectivity index (χ0n) is 14.9. The summed E-state index contributed by atoms with van der Waals surface area (Å²) < 4.78 is 10.9. The second-order valence-electron chi connectivity index (χ2n) is 4.95. The first kappa shape index (κ1) is 21.3. The Labute approximate surface area is 140 Å². The van der Waals surface area contributed by atoms with Gasteiger partial charge >= 0.3 is 0 Å². The molecule has 0 bridgehead atoms. The minimum atomic E-state index is -0.0377. The molecular weight excluding hydrogens is 290 g/mol. The smallest absolute Gasteiger partial charge is 0.232 e. The number of methoxy groups -OCH3 is 1. The summed E-state index contributed by atoms with van der Waals surface area (Å²) in [4.78, 5) is 0. The Hall–Kier alpha value is -1.72. The van der Waals surface area contributed by atoms with Crippen LogP contribution in [-0.4, -0.2) is 45.5 Å². The molecule has 0 radical (unpaired) electrons. The zero-order chi connectivity index (χ0) is 17.3. The van der Waals surface area contributed by atoms with E-state index in [4.69, 9.17) is 9.47 Å². The van der Waals surface area contributed by atoms with Crippen molar-refractivity contribution in [1.29, 1.82) is 0 Å². The lowest BCUT2D eigenvalue weighted by Crippen LogP contribution is -2.27. The fourth-order valence-electron chi connectivity index (χ4n) is 2.02. The lowest BCUT2D eigenvalue weighted by atomic mass is 10.1. The average molecular weight is 321 g/mol. The molecule has 0 rings (SSSR count). The number of rotatable bonds is 12. The van der Waals surface area contributed by atoms with Gasteiger partial charge in [0.05, 0.1) is 13.2 Å². The van der Waals surface area contributed by atoms with E-state index in [0.717, 1.165) is 13.0 Å². The lowest BCUT2D eigenvalue weighted by Gasteiger charge is -2.16. The van der Waals surface area contributed by atoms with Gasteiger partial charge < -0.3 is 14.8 Å². The first-order valence-electron chi connectivity index (χ1n) is 8.05. The zero-order valence-corrected chi connectivity index (χ0v) is 14.9. The van der Waals surface area contributed by atoms with Crippen LogP contribution in [-0.2, 0) is 9.47 Å². The molecule has 0 aromatic rings. The van der Waals surface area contributed by atoms with Crippen LogP contribution in [0.3, 0.4) is 0 Å². The fraction of sp³-hybridized carbons (Fsp3) is 0.556. The van der Waals surface area contributed by atoms with E-state index in [0.29, 0.717) is 11.9 Å². The monoisotopic (exact) mass is 321 g/mol. The predicted octanol–water partition coefficient (Wildman–Crippen LogP) is 3.50. The maximum atomic E-state index is 5.90. The Bertz CT molecular complexity index is 414. The maximum absolute atomic E-state index is 5.90. The third-order valence-corrected chi connectivity index (χ3v) is 3.23. The average Bonchev–Trinajstić information content (AvgIpc) is 2.56. The number of nitrogens with zero attached hydrogens (tertiary/aromatic N) is 2. The highest BCUT2D eigenvalue weighted by Gasteiger charge is 2.06. The molecule has 5 nitrogen and oxygen atoms in total. The van der Waals surface area contributed by atoms with Crippen LogP contribution in [0.2, 0.25) is 0 Å². The van der Waals surface area contributed by atoms with Crippen LogP contribution < -0.4 is 5.32 Å². The van der Waals surface area contributed by atoms with E-state index in [9.17, 15) is 0 Å². The van der Waals surface area contributed by atoms with Gasteiger partial charge in [-0.2, -0.15) is 5.10 Å². The van der Waals surface area contributed by atoms with Gasteiger partial charge in [-0.25, -0.2) is 0 Å². The van der Waals surface area contributed by atoms with Gasteiger partial charge in [0, 0.05) is 25.4 Å². The summed E-state index contributed by atoms with van der Waals surface area (Å²) in [6, 6.07) is 0.516. The summed E-state index contributed by atoms with van der Waals surface area (Å²) in [7, 11) is 3.54. The standard InChI is InChI=1S/C18H31N3O2/c1-6-10-16(19-3)14-15-23-17(11-7-2)12-8-9-13-18(22-5)21-20-4/h7-9,11-13,16-17,19H,4,6,10,14-15H2,1-3,5H3/b11-7-,12-8?,13-9+,21-18-. The van der Waals surface area contributed by atoms with Gasteiger partial charge in [0.2, 0.25) is 5.90 Å². The Kier molecular flexibility index (Phi) is 14.1. The molecule has 0 fully saturated rings. The number of ether oxygens (including phenoxy) is 2. The van der Waals surface area contributed by atoms with E-state index in [2.05, 4.69) is 29.2 Å². The molecule has 0 heterocycles. The molecule has 130 valence electrons. The number of hydrogen-bond acceptors (Lipinski definition) is 5. The molecule has 23 heavy (non-hydrogen) atoms. The van der Waals surface area contributed by atoms with Crippen molar-refractivity contribution in [2.24, 2.45) is 10.2 Å². The molecule has 0 saturated heterocycles. The first-order valence-corrected chi connectivity index (χ1v) is 8.05. The van der Waals surface area contributed by atoms with E-state index in [1.54, 1.807) is 6.08 Å². The normalized spacial score (nSPS) is 15.6. The van der Waals surface area contributed by atoms with Crippen molar-refractivity contribution >= 4 is 12.6 Å². The number of nitrogens with one attached hydrogen (secondary N) is 1. The Morgan fingerprint density at radius 3 is 2.61 bits per heavy atom. The largest absolute Gasteiger partial charge is 0.480 e. The summed E-state index contributed by atoms with van der Waals surface area (Å²) >= 11 is 0. The van der Waals surface area contributed by atoms with Crippen molar-refractivity contribution in [3.05, 3.63) is 36.5 Å². The second kappa shape index (κ2) is 15.2. The van der Waals surface area contributed by atoms with E-state index >= 15 is 0 Å². The third-order valence-electron chi connectivity index (χ3n) is 3.23. The first-order chi connectivity index (χ1) is 11.2. The molecule has 0 spiro atoms. The van der Waals surface area contributed by atoms with Gasteiger partial charge in [0.25, 0.3) is 0 Å². The lowest BCUT2D eigenvalue weighted by molar-refractivity contribution is 0.106. The molecule has 0 aliphatic rings. The molecule has 2 atom stereocenters. The van der Waals surface area contributed by atoms with Crippen molar-refractivity contribution in [3.63, 3.8) is 0 Å². The summed E-state index contributed by atoms with van der Waals surface area (Å²) in [6.07, 6.45) is 14.8.